The summed E-state index contributed by atoms with van der Waals surface area (Å²) < 4.78 is 20.5. The summed E-state index contributed by atoms with van der Waals surface area (Å²) in [4.78, 5) is 15.1. The quantitative estimate of drug-likeness (QED) is 0.781. The van der Waals surface area contributed by atoms with Crippen molar-refractivity contribution in [3.8, 4) is 0 Å². The number of morpholine rings is 1. The first-order valence-electron chi connectivity index (χ1n) is 9.64. The van der Waals surface area contributed by atoms with Crippen LogP contribution in [-0.4, -0.2) is 30.5 Å². The predicted octanol–water partition coefficient (Wildman–Crippen LogP) is 4.59. The van der Waals surface area contributed by atoms with E-state index >= 15 is 0 Å². The van der Waals surface area contributed by atoms with Crippen LogP contribution < -0.4 is 0 Å². The highest BCUT2D eigenvalue weighted by Gasteiger charge is 2.30. The maximum absolute atomic E-state index is 14.6. The molecule has 4 rings (SSSR count). The molecule has 2 aliphatic rings. The van der Waals surface area contributed by atoms with Crippen molar-refractivity contribution in [3.63, 3.8) is 0 Å². The average molecular weight is 376 g/mol. The Kier molecular flexibility index (Phi) is 5.68. The Balaban J connectivity index is 1.53. The lowest BCUT2D eigenvalue weighted by molar-refractivity contribution is -0.134. The molecule has 0 N–H and O–H groups in total. The van der Waals surface area contributed by atoms with Gasteiger partial charge in [0.2, 0.25) is 0 Å². The van der Waals surface area contributed by atoms with Gasteiger partial charge in [0.1, 0.15) is 11.9 Å². The summed E-state index contributed by atoms with van der Waals surface area (Å²) in [5.74, 6) is -0.402. The Morgan fingerprint density at radius 1 is 1.07 bits per heavy atom. The normalized spacial score (nSPS) is 20.1. The zero-order valence-corrected chi connectivity index (χ0v) is 15.7. The number of nitrogens with zero attached hydrogens (tertiary/aromatic N) is 1. The van der Waals surface area contributed by atoms with E-state index < -0.39 is 0 Å². The molecule has 1 aliphatic heterocycles. The summed E-state index contributed by atoms with van der Waals surface area (Å²) in [6, 6.07) is 19.6. The van der Waals surface area contributed by atoms with Gasteiger partial charge in [-0.1, -0.05) is 66.7 Å². The zero-order valence-electron chi connectivity index (χ0n) is 15.7. The lowest BCUT2D eigenvalue weighted by Crippen LogP contribution is -2.43. The third-order valence-electron chi connectivity index (χ3n) is 5.21. The first-order valence-corrected chi connectivity index (χ1v) is 9.64. The second-order valence-electron chi connectivity index (χ2n) is 7.07. The van der Waals surface area contributed by atoms with Gasteiger partial charge in [0, 0.05) is 30.5 Å². The van der Waals surface area contributed by atoms with Gasteiger partial charge in [0.05, 0.1) is 13.2 Å². The van der Waals surface area contributed by atoms with Crippen LogP contribution in [0.25, 0.3) is 0 Å². The Hall–Kier alpha value is -2.72. The minimum Gasteiger partial charge on any atom is -0.370 e. The summed E-state index contributed by atoms with van der Waals surface area (Å²) in [6.07, 6.45) is 4.09. The van der Waals surface area contributed by atoms with Crippen LogP contribution in [0.4, 0.5) is 4.39 Å². The fourth-order valence-electron chi connectivity index (χ4n) is 3.72. The Bertz CT molecular complexity index is 889. The van der Waals surface area contributed by atoms with Gasteiger partial charge in [-0.15, -0.1) is 0 Å². The molecule has 1 heterocycles. The molecule has 1 radical (unpaired) electrons. The molecule has 1 saturated heterocycles. The number of ether oxygens (including phenoxy) is 1. The molecule has 0 aromatic heterocycles. The highest BCUT2D eigenvalue weighted by atomic mass is 19.1. The van der Waals surface area contributed by atoms with Crippen LogP contribution in [0.2, 0.25) is 0 Å². The van der Waals surface area contributed by atoms with Gasteiger partial charge in [-0.2, -0.15) is 0 Å². The van der Waals surface area contributed by atoms with Gasteiger partial charge in [0.15, 0.2) is 0 Å². The van der Waals surface area contributed by atoms with Crippen molar-refractivity contribution in [2.75, 3.05) is 19.7 Å². The van der Waals surface area contributed by atoms with Gasteiger partial charge in [0.25, 0.3) is 5.91 Å². The number of amides is 1. The molecule has 1 fully saturated rings. The summed E-state index contributed by atoms with van der Waals surface area (Å²) in [5, 5.41) is 0. The number of benzene rings is 2. The molecule has 3 nitrogen and oxygen atoms in total. The number of carbonyl (C=O) groups is 1. The largest absolute Gasteiger partial charge is 0.370 e. The van der Waals surface area contributed by atoms with Crippen molar-refractivity contribution < 1.29 is 13.9 Å². The zero-order chi connectivity index (χ0) is 19.3. The van der Waals surface area contributed by atoms with E-state index in [1.54, 1.807) is 11.3 Å². The van der Waals surface area contributed by atoms with Crippen molar-refractivity contribution in [1.29, 1.82) is 0 Å². The van der Waals surface area contributed by atoms with Gasteiger partial charge in [-0.3, -0.25) is 4.79 Å². The fourth-order valence-corrected chi connectivity index (χ4v) is 3.72. The molecule has 0 spiro atoms. The molecule has 2 aromatic rings. The third-order valence-corrected chi connectivity index (χ3v) is 5.21. The monoisotopic (exact) mass is 376 g/mol. The summed E-state index contributed by atoms with van der Waals surface area (Å²) in [6.45, 7) is 1.47. The number of carbonyl (C=O) groups excluding carboxylic acids is 1. The SMILES string of the molecule is O=C(C1=CC[CH]C(F)=C1Cc1ccccc1)N1CCOC(c2ccccc2)C1. The maximum atomic E-state index is 14.6. The van der Waals surface area contributed by atoms with Crippen LogP contribution >= 0.6 is 0 Å². The van der Waals surface area contributed by atoms with Gasteiger partial charge in [-0.05, 0) is 17.5 Å². The first kappa shape index (κ1) is 18.6. The summed E-state index contributed by atoms with van der Waals surface area (Å²) in [7, 11) is 0. The molecule has 2 aromatic carbocycles. The van der Waals surface area contributed by atoms with Crippen molar-refractivity contribution >= 4 is 5.91 Å². The molecule has 1 aliphatic carbocycles. The Morgan fingerprint density at radius 2 is 1.79 bits per heavy atom. The van der Waals surface area contributed by atoms with Crippen molar-refractivity contribution in [2.24, 2.45) is 0 Å². The molecule has 28 heavy (non-hydrogen) atoms. The second kappa shape index (κ2) is 8.53. The molecular formula is C24H23FNO2. The number of hydrogen-bond donors (Lipinski definition) is 0. The fraction of sp³-hybridized carbons (Fsp3) is 0.250. The minimum atomic E-state index is -0.289. The number of hydrogen-bond acceptors (Lipinski definition) is 2. The number of rotatable bonds is 4. The summed E-state index contributed by atoms with van der Waals surface area (Å²) in [5.41, 5.74) is 3.01. The highest BCUT2D eigenvalue weighted by molar-refractivity contribution is 5.98. The molecule has 0 saturated carbocycles. The van der Waals surface area contributed by atoms with E-state index in [4.69, 9.17) is 4.74 Å². The molecular weight excluding hydrogens is 353 g/mol. The minimum absolute atomic E-state index is 0.113. The standard InChI is InChI=1S/C24H23FNO2/c25-22-13-7-12-20(21(22)16-18-8-3-1-4-9-18)24(27)26-14-15-28-23(17-26)19-10-5-2-6-11-19/h1-6,8-13,23H,7,14-17H2. The third kappa shape index (κ3) is 4.07. The highest BCUT2D eigenvalue weighted by Crippen LogP contribution is 2.31. The topological polar surface area (TPSA) is 29.5 Å². The lowest BCUT2D eigenvalue weighted by Gasteiger charge is -2.34. The average Bonchev–Trinajstić information content (AvgIpc) is 2.76. The van der Waals surface area contributed by atoms with Crippen LogP contribution in [0.5, 0.6) is 0 Å². The molecule has 0 bridgehead atoms. The van der Waals surface area contributed by atoms with Crippen molar-refractivity contribution in [1.82, 2.24) is 4.90 Å². The smallest absolute Gasteiger partial charge is 0.254 e. The van der Waals surface area contributed by atoms with E-state index in [0.29, 0.717) is 43.7 Å². The van der Waals surface area contributed by atoms with Crippen LogP contribution in [0.15, 0.2) is 83.7 Å². The van der Waals surface area contributed by atoms with Crippen LogP contribution in [0.1, 0.15) is 23.7 Å². The number of allylic oxidation sites excluding steroid dienone is 2. The van der Waals surface area contributed by atoms with E-state index in [9.17, 15) is 9.18 Å². The van der Waals surface area contributed by atoms with Crippen LogP contribution in [0.3, 0.4) is 0 Å². The van der Waals surface area contributed by atoms with E-state index in [0.717, 1.165) is 11.1 Å². The predicted molar refractivity (Wildman–Crippen MR) is 107 cm³/mol. The van der Waals surface area contributed by atoms with E-state index in [-0.39, 0.29) is 17.8 Å². The Labute approximate surface area is 165 Å². The number of halogens is 1. The van der Waals surface area contributed by atoms with Gasteiger partial charge in [-0.25, -0.2) is 4.39 Å². The van der Waals surface area contributed by atoms with E-state index in [2.05, 4.69) is 0 Å². The van der Waals surface area contributed by atoms with E-state index in [1.807, 2.05) is 66.7 Å². The van der Waals surface area contributed by atoms with Crippen molar-refractivity contribution in [3.05, 3.63) is 101 Å². The first-order chi connectivity index (χ1) is 13.7. The summed E-state index contributed by atoms with van der Waals surface area (Å²) >= 11 is 0. The Morgan fingerprint density at radius 3 is 2.54 bits per heavy atom. The second-order valence-corrected chi connectivity index (χ2v) is 7.07. The maximum Gasteiger partial charge on any atom is 0.254 e. The molecule has 143 valence electrons. The molecule has 4 heteroatoms. The molecule has 1 unspecified atom stereocenters. The van der Waals surface area contributed by atoms with Gasteiger partial charge >= 0.3 is 0 Å². The van der Waals surface area contributed by atoms with Crippen molar-refractivity contribution in [2.45, 2.75) is 18.9 Å². The van der Waals surface area contributed by atoms with Gasteiger partial charge < -0.3 is 9.64 Å². The van der Waals surface area contributed by atoms with Crippen LogP contribution in [0, 0.1) is 6.42 Å². The van der Waals surface area contributed by atoms with E-state index in [1.165, 1.54) is 0 Å². The molecule has 1 atom stereocenters. The lowest BCUT2D eigenvalue weighted by atomic mass is 9.90. The molecule has 1 amide bonds. The van der Waals surface area contributed by atoms with Crippen LogP contribution in [-0.2, 0) is 16.0 Å².